The number of likely N-dealkylation sites (N-methyl/N-ethyl adjacent to an activating group) is 1. The van der Waals surface area contributed by atoms with E-state index in [1.165, 1.54) is 0 Å². The zero-order chi connectivity index (χ0) is 23.4. The summed E-state index contributed by atoms with van der Waals surface area (Å²) >= 11 is 0. The summed E-state index contributed by atoms with van der Waals surface area (Å²) in [6.45, 7) is 12.5. The van der Waals surface area contributed by atoms with E-state index in [4.69, 9.17) is 10.8 Å². The van der Waals surface area contributed by atoms with Gasteiger partial charge in [0, 0.05) is 30.3 Å². The Hall–Kier alpha value is -2.63. The average Bonchev–Trinajstić information content (AvgIpc) is 3.14. The summed E-state index contributed by atoms with van der Waals surface area (Å²) < 4.78 is 1.81. The number of carbonyl (C=O) groups excluding carboxylic acids is 2. The van der Waals surface area contributed by atoms with Crippen LogP contribution < -0.4 is 5.73 Å². The molecular formula is C24H32N5O2P. The first kappa shape index (κ1) is 24.0. The number of fused-ring (bicyclic) bond motifs is 1. The van der Waals surface area contributed by atoms with Gasteiger partial charge in [-0.1, -0.05) is 19.1 Å². The molecule has 7 nitrogen and oxygen atoms in total. The molecule has 2 aromatic heterocycles. The molecule has 2 heterocycles. The molecule has 0 saturated carbocycles. The van der Waals surface area contributed by atoms with Gasteiger partial charge in [-0.05, 0) is 63.4 Å². The van der Waals surface area contributed by atoms with Gasteiger partial charge in [-0.3, -0.25) is 19.3 Å². The van der Waals surface area contributed by atoms with Crippen molar-refractivity contribution in [2.75, 3.05) is 26.8 Å². The van der Waals surface area contributed by atoms with Gasteiger partial charge in [-0.25, -0.2) is 0 Å². The predicted octanol–water partition coefficient (Wildman–Crippen LogP) is 3.24. The number of pyridine rings is 1. The van der Waals surface area contributed by atoms with Crippen LogP contribution in [0.4, 0.5) is 0 Å². The van der Waals surface area contributed by atoms with Crippen LogP contribution in [0.5, 0.6) is 0 Å². The summed E-state index contributed by atoms with van der Waals surface area (Å²) in [6.07, 6.45) is 3.49. The second kappa shape index (κ2) is 10.3. The van der Waals surface area contributed by atoms with E-state index >= 15 is 0 Å². The Bertz CT molecular complexity index is 1070. The number of hydrogen-bond donors (Lipinski definition) is 1. The molecule has 1 unspecified atom stereocenters. The fraction of sp³-hybridized carbons (Fsp3) is 0.458. The first-order valence-electron chi connectivity index (χ1n) is 10.9. The summed E-state index contributed by atoms with van der Waals surface area (Å²) in [6, 6.07) is 1.96. The molecule has 170 valence electrons. The zero-order valence-electron chi connectivity index (χ0n) is 19.4. The van der Waals surface area contributed by atoms with Crippen molar-refractivity contribution in [2.24, 2.45) is 11.7 Å². The van der Waals surface area contributed by atoms with E-state index in [9.17, 15) is 9.59 Å². The van der Waals surface area contributed by atoms with Gasteiger partial charge in [-0.15, -0.1) is 8.20 Å². The van der Waals surface area contributed by atoms with E-state index in [0.717, 1.165) is 55.7 Å². The summed E-state index contributed by atoms with van der Waals surface area (Å²) in [7, 11) is 3.17. The topological polar surface area (TPSA) is 94.1 Å². The molecule has 1 aliphatic rings. The van der Waals surface area contributed by atoms with Crippen LogP contribution in [0.15, 0.2) is 24.4 Å². The van der Waals surface area contributed by atoms with Crippen LogP contribution in [0.2, 0.25) is 0 Å². The van der Waals surface area contributed by atoms with Crippen molar-refractivity contribution >= 4 is 25.7 Å². The highest BCUT2D eigenvalue weighted by atomic mass is 31.1. The van der Waals surface area contributed by atoms with Crippen LogP contribution in [0.25, 0.3) is 11.3 Å². The fourth-order valence-electron chi connectivity index (χ4n) is 4.04. The van der Waals surface area contributed by atoms with Gasteiger partial charge in [0.05, 0.1) is 12.2 Å². The van der Waals surface area contributed by atoms with Crippen molar-refractivity contribution in [1.29, 1.82) is 0 Å². The maximum Gasteiger partial charge on any atom is 0.267 e. The molecule has 8 heteroatoms. The normalized spacial score (nSPS) is 16.0. The van der Waals surface area contributed by atoms with Gasteiger partial charge in [-0.2, -0.15) is 5.10 Å². The van der Waals surface area contributed by atoms with Crippen molar-refractivity contribution in [3.05, 3.63) is 46.9 Å². The van der Waals surface area contributed by atoms with Gasteiger partial charge < -0.3 is 10.6 Å². The standard InChI is InChI=1S/C24H32N5O2P/c1-6-28(4)8-7-16-11-18(14-26-22(16)24(25)31)21-19-12-17(15(2)3)13-20(30)23(19)29(27-21)9-10-32-5/h10-11,14,17H,2,6-9,12-13H2,1,3-5H3,(H2,25,31). The number of rotatable bonds is 9. The van der Waals surface area contributed by atoms with E-state index in [1.54, 1.807) is 6.20 Å². The SMILES string of the molecule is C=C(C)C1CC(=O)c2c(c(-c3cnc(C(N)=O)c(CCN(C)CC)c3)nn2CC=PC)C1. The van der Waals surface area contributed by atoms with E-state index in [-0.39, 0.29) is 11.7 Å². The summed E-state index contributed by atoms with van der Waals surface area (Å²) in [4.78, 5) is 31.6. The number of carbonyl (C=O) groups is 2. The Morgan fingerprint density at radius 3 is 2.81 bits per heavy atom. The van der Waals surface area contributed by atoms with Crippen molar-refractivity contribution in [3.63, 3.8) is 0 Å². The number of ketones is 1. The molecule has 1 atom stereocenters. The van der Waals surface area contributed by atoms with Crippen LogP contribution >= 0.6 is 8.20 Å². The quantitative estimate of drug-likeness (QED) is 0.465. The minimum Gasteiger partial charge on any atom is -0.364 e. The van der Waals surface area contributed by atoms with Crippen LogP contribution in [0.1, 0.15) is 52.4 Å². The summed E-state index contributed by atoms with van der Waals surface area (Å²) in [5.74, 6) is 1.75. The first-order chi connectivity index (χ1) is 15.3. The number of amides is 1. The average molecular weight is 454 g/mol. The van der Waals surface area contributed by atoms with Gasteiger partial charge in [0.2, 0.25) is 0 Å². The smallest absolute Gasteiger partial charge is 0.267 e. The van der Waals surface area contributed by atoms with E-state index in [1.807, 2.05) is 31.4 Å². The molecule has 2 aromatic rings. The third-order valence-electron chi connectivity index (χ3n) is 6.11. The highest BCUT2D eigenvalue weighted by molar-refractivity contribution is 7.37. The van der Waals surface area contributed by atoms with Crippen molar-refractivity contribution < 1.29 is 9.59 Å². The molecule has 1 amide bonds. The zero-order valence-corrected chi connectivity index (χ0v) is 20.3. The van der Waals surface area contributed by atoms with Crippen molar-refractivity contribution in [3.8, 4) is 11.3 Å². The maximum atomic E-state index is 13.0. The molecule has 2 N–H and O–H groups in total. The van der Waals surface area contributed by atoms with Crippen molar-refractivity contribution in [1.82, 2.24) is 19.7 Å². The molecule has 0 spiro atoms. The number of allylic oxidation sites excluding steroid dienone is 1. The van der Waals surface area contributed by atoms with Gasteiger partial charge in [0.1, 0.15) is 11.4 Å². The van der Waals surface area contributed by atoms with Crippen LogP contribution in [-0.2, 0) is 19.4 Å². The minimum absolute atomic E-state index is 0.102. The lowest BCUT2D eigenvalue weighted by Gasteiger charge is -2.22. The van der Waals surface area contributed by atoms with Gasteiger partial charge in [0.15, 0.2) is 5.78 Å². The highest BCUT2D eigenvalue weighted by Crippen LogP contribution is 2.36. The molecule has 0 radical (unpaired) electrons. The summed E-state index contributed by atoms with van der Waals surface area (Å²) in [5.41, 5.74) is 10.9. The molecule has 0 aliphatic heterocycles. The molecule has 1 aliphatic carbocycles. The number of Topliss-reactive ketones (excluding diaryl/α,β-unsaturated/α-hetero) is 1. The van der Waals surface area contributed by atoms with Crippen LogP contribution in [0.3, 0.4) is 0 Å². The lowest BCUT2D eigenvalue weighted by molar-refractivity contribution is 0.0945. The first-order valence-corrected chi connectivity index (χ1v) is 12.3. The molecule has 3 rings (SSSR count). The number of nitrogens with two attached hydrogens (primary N) is 1. The maximum absolute atomic E-state index is 13.0. The predicted molar refractivity (Wildman–Crippen MR) is 131 cm³/mol. The molecule has 0 fully saturated rings. The Labute approximate surface area is 191 Å². The third kappa shape index (κ3) is 5.05. The van der Waals surface area contributed by atoms with Crippen LogP contribution in [0, 0.1) is 5.92 Å². The lowest BCUT2D eigenvalue weighted by atomic mass is 9.81. The van der Waals surface area contributed by atoms with E-state index in [2.05, 4.69) is 29.2 Å². The Morgan fingerprint density at radius 2 is 2.19 bits per heavy atom. The number of primary amides is 1. The number of nitrogens with zero attached hydrogens (tertiary/aromatic N) is 4. The fourth-order valence-corrected chi connectivity index (χ4v) is 4.35. The lowest BCUT2D eigenvalue weighted by Crippen LogP contribution is -2.23. The number of aromatic nitrogens is 3. The largest absolute Gasteiger partial charge is 0.364 e. The molecule has 0 bridgehead atoms. The third-order valence-corrected chi connectivity index (χ3v) is 6.64. The second-order valence-electron chi connectivity index (χ2n) is 8.42. The van der Waals surface area contributed by atoms with Crippen LogP contribution in [-0.4, -0.2) is 64.0 Å². The van der Waals surface area contributed by atoms with Gasteiger partial charge in [0.25, 0.3) is 5.91 Å². The molecule has 0 aromatic carbocycles. The Morgan fingerprint density at radius 1 is 1.44 bits per heavy atom. The summed E-state index contributed by atoms with van der Waals surface area (Å²) in [5, 5.41) is 4.83. The molecule has 0 saturated heterocycles. The molecule has 32 heavy (non-hydrogen) atoms. The molecular weight excluding hydrogens is 421 g/mol. The second-order valence-corrected chi connectivity index (χ2v) is 9.30. The van der Waals surface area contributed by atoms with E-state index in [0.29, 0.717) is 30.8 Å². The van der Waals surface area contributed by atoms with E-state index < -0.39 is 5.91 Å². The number of hydrogen-bond acceptors (Lipinski definition) is 5. The Kier molecular flexibility index (Phi) is 7.75. The highest BCUT2D eigenvalue weighted by Gasteiger charge is 2.33. The monoisotopic (exact) mass is 453 g/mol. The van der Waals surface area contributed by atoms with Gasteiger partial charge >= 0.3 is 0 Å². The van der Waals surface area contributed by atoms with Crippen molar-refractivity contribution in [2.45, 2.75) is 39.7 Å². The minimum atomic E-state index is -0.535. The Balaban J connectivity index is 2.11.